The molecule has 0 amide bonds. The van der Waals surface area contributed by atoms with Crippen molar-refractivity contribution < 1.29 is 4.74 Å². The number of methoxy groups -OCH3 is 1. The SMILES string of the molecule is CCN(CC)CCn1c(CCCl)nc2ccc(OC)nc21. The van der Waals surface area contributed by atoms with Gasteiger partial charge in [-0.3, -0.25) is 0 Å². The van der Waals surface area contributed by atoms with Gasteiger partial charge in [0.15, 0.2) is 5.65 Å². The molecular formula is C15H23ClN4O. The normalized spacial score (nSPS) is 11.5. The molecule has 0 aliphatic heterocycles. The van der Waals surface area contributed by atoms with Gasteiger partial charge >= 0.3 is 0 Å². The van der Waals surface area contributed by atoms with Gasteiger partial charge in [-0.2, -0.15) is 4.98 Å². The van der Waals surface area contributed by atoms with Crippen molar-refractivity contribution in [3.05, 3.63) is 18.0 Å². The van der Waals surface area contributed by atoms with Crippen molar-refractivity contribution in [2.45, 2.75) is 26.8 Å². The summed E-state index contributed by atoms with van der Waals surface area (Å²) >= 11 is 5.90. The highest BCUT2D eigenvalue weighted by Gasteiger charge is 2.13. The van der Waals surface area contributed by atoms with Crippen molar-refractivity contribution in [2.24, 2.45) is 0 Å². The molecule has 116 valence electrons. The van der Waals surface area contributed by atoms with Crippen LogP contribution in [0.5, 0.6) is 5.88 Å². The molecule has 0 spiro atoms. The number of rotatable bonds is 8. The van der Waals surface area contributed by atoms with E-state index < -0.39 is 0 Å². The van der Waals surface area contributed by atoms with Crippen LogP contribution in [0.3, 0.4) is 0 Å². The zero-order valence-electron chi connectivity index (χ0n) is 13.0. The number of aromatic nitrogens is 3. The summed E-state index contributed by atoms with van der Waals surface area (Å²) in [5, 5.41) is 0. The van der Waals surface area contributed by atoms with Gasteiger partial charge in [-0.05, 0) is 19.2 Å². The monoisotopic (exact) mass is 310 g/mol. The Kier molecular flexibility index (Phi) is 5.82. The molecule has 0 bridgehead atoms. The number of aryl methyl sites for hydroxylation is 1. The fraction of sp³-hybridized carbons (Fsp3) is 0.600. The molecule has 0 aliphatic carbocycles. The van der Waals surface area contributed by atoms with Gasteiger partial charge in [0.2, 0.25) is 5.88 Å². The molecule has 2 aromatic rings. The summed E-state index contributed by atoms with van der Waals surface area (Å²) in [5.74, 6) is 2.17. The number of halogens is 1. The Bertz CT molecular complexity index is 580. The van der Waals surface area contributed by atoms with Crippen LogP contribution in [0.15, 0.2) is 12.1 Å². The molecule has 0 atom stereocenters. The van der Waals surface area contributed by atoms with E-state index in [1.54, 1.807) is 7.11 Å². The second kappa shape index (κ2) is 7.61. The Morgan fingerprint density at radius 2 is 2.00 bits per heavy atom. The van der Waals surface area contributed by atoms with Crippen LogP contribution in [0.2, 0.25) is 0 Å². The van der Waals surface area contributed by atoms with Crippen molar-refractivity contribution in [1.29, 1.82) is 0 Å². The second-order valence-corrected chi connectivity index (χ2v) is 5.22. The zero-order chi connectivity index (χ0) is 15.2. The van der Waals surface area contributed by atoms with E-state index >= 15 is 0 Å². The van der Waals surface area contributed by atoms with Crippen LogP contribution in [0, 0.1) is 0 Å². The quantitative estimate of drug-likeness (QED) is 0.703. The van der Waals surface area contributed by atoms with E-state index in [1.807, 2.05) is 12.1 Å². The van der Waals surface area contributed by atoms with Gasteiger partial charge in [-0.1, -0.05) is 13.8 Å². The topological polar surface area (TPSA) is 43.2 Å². The number of likely N-dealkylation sites (N-methyl/N-ethyl adjacent to an activating group) is 1. The van der Waals surface area contributed by atoms with Crippen LogP contribution in [-0.4, -0.2) is 52.1 Å². The van der Waals surface area contributed by atoms with E-state index in [-0.39, 0.29) is 0 Å². The summed E-state index contributed by atoms with van der Waals surface area (Å²) in [6.45, 7) is 8.29. The fourth-order valence-electron chi connectivity index (χ4n) is 2.44. The lowest BCUT2D eigenvalue weighted by Gasteiger charge is -2.19. The molecule has 0 N–H and O–H groups in total. The lowest BCUT2D eigenvalue weighted by Crippen LogP contribution is -2.27. The molecule has 6 heteroatoms. The number of hydrogen-bond donors (Lipinski definition) is 0. The highest BCUT2D eigenvalue weighted by atomic mass is 35.5. The lowest BCUT2D eigenvalue weighted by atomic mass is 10.4. The molecule has 5 nitrogen and oxygen atoms in total. The highest BCUT2D eigenvalue weighted by molar-refractivity contribution is 6.17. The summed E-state index contributed by atoms with van der Waals surface area (Å²) in [6, 6.07) is 3.79. The number of pyridine rings is 1. The smallest absolute Gasteiger partial charge is 0.215 e. The first kappa shape index (κ1) is 16.0. The van der Waals surface area contributed by atoms with Crippen molar-refractivity contribution in [3.8, 4) is 5.88 Å². The summed E-state index contributed by atoms with van der Waals surface area (Å²) in [7, 11) is 1.63. The minimum absolute atomic E-state index is 0.561. The van der Waals surface area contributed by atoms with Crippen LogP contribution in [-0.2, 0) is 13.0 Å². The minimum atomic E-state index is 0.561. The third-order valence-electron chi connectivity index (χ3n) is 3.71. The Labute approximate surface area is 130 Å². The molecule has 21 heavy (non-hydrogen) atoms. The van der Waals surface area contributed by atoms with Gasteiger partial charge in [0.05, 0.1) is 7.11 Å². The largest absolute Gasteiger partial charge is 0.481 e. The summed E-state index contributed by atoms with van der Waals surface area (Å²) < 4.78 is 7.39. The first-order chi connectivity index (χ1) is 10.2. The van der Waals surface area contributed by atoms with Gasteiger partial charge in [0.1, 0.15) is 11.3 Å². The molecule has 0 saturated carbocycles. The van der Waals surface area contributed by atoms with Crippen LogP contribution in [0.1, 0.15) is 19.7 Å². The number of alkyl halides is 1. The maximum atomic E-state index is 5.90. The summed E-state index contributed by atoms with van der Waals surface area (Å²) in [6.07, 6.45) is 0.748. The average Bonchev–Trinajstić information content (AvgIpc) is 2.85. The third kappa shape index (κ3) is 3.66. The maximum Gasteiger partial charge on any atom is 0.215 e. The van der Waals surface area contributed by atoms with E-state index in [1.165, 1.54) is 0 Å². The third-order valence-corrected chi connectivity index (χ3v) is 3.90. The predicted molar refractivity (Wildman–Crippen MR) is 86.3 cm³/mol. The molecule has 0 radical (unpaired) electrons. The van der Waals surface area contributed by atoms with Crippen molar-refractivity contribution in [3.63, 3.8) is 0 Å². The van der Waals surface area contributed by atoms with E-state index in [9.17, 15) is 0 Å². The van der Waals surface area contributed by atoms with Crippen LogP contribution in [0.25, 0.3) is 11.2 Å². The van der Waals surface area contributed by atoms with Crippen LogP contribution >= 0.6 is 11.6 Å². The van der Waals surface area contributed by atoms with E-state index in [0.29, 0.717) is 11.8 Å². The van der Waals surface area contributed by atoms with E-state index in [0.717, 1.165) is 49.6 Å². The van der Waals surface area contributed by atoms with Gasteiger partial charge < -0.3 is 14.2 Å². The van der Waals surface area contributed by atoms with Gasteiger partial charge in [0.25, 0.3) is 0 Å². The number of imidazole rings is 1. The van der Waals surface area contributed by atoms with E-state index in [4.69, 9.17) is 16.3 Å². The highest BCUT2D eigenvalue weighted by Crippen LogP contribution is 2.19. The molecule has 0 aliphatic rings. The average molecular weight is 311 g/mol. The van der Waals surface area contributed by atoms with Crippen molar-refractivity contribution >= 4 is 22.8 Å². The van der Waals surface area contributed by atoms with Crippen LogP contribution < -0.4 is 4.74 Å². The van der Waals surface area contributed by atoms with Gasteiger partial charge in [-0.25, -0.2) is 4.98 Å². The Morgan fingerprint density at radius 1 is 1.24 bits per heavy atom. The minimum Gasteiger partial charge on any atom is -0.481 e. The van der Waals surface area contributed by atoms with Crippen LogP contribution in [0.4, 0.5) is 0 Å². The first-order valence-corrected chi connectivity index (χ1v) is 7.95. The second-order valence-electron chi connectivity index (χ2n) is 4.84. The maximum absolute atomic E-state index is 5.90. The molecule has 0 aromatic carbocycles. The Morgan fingerprint density at radius 3 is 2.62 bits per heavy atom. The van der Waals surface area contributed by atoms with Crippen molar-refractivity contribution in [2.75, 3.05) is 32.6 Å². The number of nitrogens with zero attached hydrogens (tertiary/aromatic N) is 4. The lowest BCUT2D eigenvalue weighted by molar-refractivity contribution is 0.290. The molecular weight excluding hydrogens is 288 g/mol. The Hall–Kier alpha value is -1.33. The van der Waals surface area contributed by atoms with E-state index in [2.05, 4.69) is 33.3 Å². The first-order valence-electron chi connectivity index (χ1n) is 7.41. The summed E-state index contributed by atoms with van der Waals surface area (Å²) in [4.78, 5) is 11.6. The molecule has 2 heterocycles. The molecule has 2 aromatic heterocycles. The predicted octanol–water partition coefficient (Wildman–Crippen LogP) is 2.56. The fourth-order valence-corrected chi connectivity index (χ4v) is 2.61. The number of ether oxygens (including phenoxy) is 1. The van der Waals surface area contributed by atoms with Crippen molar-refractivity contribution in [1.82, 2.24) is 19.4 Å². The van der Waals surface area contributed by atoms with Gasteiger partial charge in [0, 0.05) is 31.5 Å². The number of fused-ring (bicyclic) bond motifs is 1. The number of hydrogen-bond acceptors (Lipinski definition) is 4. The molecule has 2 rings (SSSR count). The Balaban J connectivity index is 2.34. The molecule has 0 fully saturated rings. The van der Waals surface area contributed by atoms with Gasteiger partial charge in [-0.15, -0.1) is 11.6 Å². The summed E-state index contributed by atoms with van der Waals surface area (Å²) in [5.41, 5.74) is 1.78. The molecule has 0 saturated heterocycles. The standard InChI is InChI=1S/C15H23ClN4O/c1-4-19(5-2)10-11-20-13(8-9-16)17-12-6-7-14(21-3)18-15(12)20/h6-7H,4-5,8-11H2,1-3H3. The zero-order valence-corrected chi connectivity index (χ0v) is 13.7. The molecule has 0 unspecified atom stereocenters.